The molecule has 0 saturated carbocycles. The number of carbonyl (C=O) groups is 4. The van der Waals surface area contributed by atoms with Crippen molar-refractivity contribution in [2.75, 3.05) is 47.2 Å². The SMILES string of the molecule is CN(C)CCCOC(=O)OCOc1c2n3c(c(C(=O)NCc4cccc(Cl)c4F)c1=O)CC[C@@H]3[C@@H]1OCCCN1C2=O.O=C(O)C(F)(F)F. The maximum atomic E-state index is 14.4. The molecular weight excluding hydrogens is 688 g/mol. The molecule has 0 spiro atoms. The molecule has 2 aromatic rings. The van der Waals surface area contributed by atoms with Crippen LogP contribution < -0.4 is 15.5 Å². The van der Waals surface area contributed by atoms with E-state index in [4.69, 9.17) is 40.4 Å². The molecule has 0 unspecified atom stereocenters. The van der Waals surface area contributed by atoms with E-state index in [1.54, 1.807) is 15.5 Å². The first-order chi connectivity index (χ1) is 23.1. The molecule has 49 heavy (non-hydrogen) atoms. The third kappa shape index (κ3) is 8.60. The molecule has 0 bridgehead atoms. The van der Waals surface area contributed by atoms with Gasteiger partial charge in [0.15, 0.2) is 11.9 Å². The Morgan fingerprint density at radius 1 is 1.18 bits per heavy atom. The number of nitrogens with one attached hydrogen (secondary N) is 1. The number of carbonyl (C=O) groups excluding carboxylic acids is 3. The first-order valence-electron chi connectivity index (χ1n) is 15.0. The van der Waals surface area contributed by atoms with Gasteiger partial charge in [0.2, 0.25) is 18.0 Å². The van der Waals surface area contributed by atoms with Crippen LogP contribution in [0, 0.1) is 5.82 Å². The molecule has 0 aliphatic carbocycles. The van der Waals surface area contributed by atoms with E-state index in [0.29, 0.717) is 51.1 Å². The van der Waals surface area contributed by atoms with E-state index < -0.39 is 60.1 Å². The Labute approximate surface area is 281 Å². The number of aliphatic carboxylic acids is 1. The van der Waals surface area contributed by atoms with E-state index in [9.17, 15) is 36.7 Å². The molecule has 2 N–H and O–H groups in total. The topological polar surface area (TPSA) is 166 Å². The number of rotatable bonds is 10. The van der Waals surface area contributed by atoms with Gasteiger partial charge in [-0.1, -0.05) is 23.7 Å². The van der Waals surface area contributed by atoms with Gasteiger partial charge in [0.25, 0.3) is 11.8 Å². The van der Waals surface area contributed by atoms with Gasteiger partial charge in [-0.15, -0.1) is 0 Å². The number of alkyl halides is 3. The summed E-state index contributed by atoms with van der Waals surface area (Å²) < 4.78 is 69.4. The summed E-state index contributed by atoms with van der Waals surface area (Å²) in [7, 11) is 3.78. The van der Waals surface area contributed by atoms with E-state index in [0.717, 1.165) is 0 Å². The molecule has 1 saturated heterocycles. The average Bonchev–Trinajstić information content (AvgIpc) is 3.47. The third-order valence-electron chi connectivity index (χ3n) is 7.70. The molecule has 3 aliphatic heterocycles. The first-order valence-corrected chi connectivity index (χ1v) is 15.3. The van der Waals surface area contributed by atoms with Crippen molar-refractivity contribution in [1.82, 2.24) is 19.7 Å². The van der Waals surface area contributed by atoms with E-state index >= 15 is 0 Å². The van der Waals surface area contributed by atoms with E-state index in [1.807, 2.05) is 19.0 Å². The van der Waals surface area contributed by atoms with Gasteiger partial charge >= 0.3 is 18.3 Å². The second-order valence-electron chi connectivity index (χ2n) is 11.3. The average molecular weight is 721 g/mol. The number of hydrogen-bond donors (Lipinski definition) is 2. The lowest BCUT2D eigenvalue weighted by Gasteiger charge is -2.44. The minimum Gasteiger partial charge on any atom is -0.475 e. The van der Waals surface area contributed by atoms with Crippen LogP contribution in [-0.2, 0) is 32.0 Å². The van der Waals surface area contributed by atoms with Crippen LogP contribution in [0.2, 0.25) is 5.02 Å². The molecule has 14 nitrogen and oxygen atoms in total. The quantitative estimate of drug-likeness (QED) is 0.160. The Kier molecular flexibility index (Phi) is 12.1. The Hall–Kier alpha value is -4.42. The number of nitrogens with zero attached hydrogens (tertiary/aromatic N) is 3. The van der Waals surface area contributed by atoms with Gasteiger partial charge in [-0.2, -0.15) is 13.2 Å². The number of benzene rings is 1. The van der Waals surface area contributed by atoms with Crippen molar-refractivity contribution < 1.29 is 60.8 Å². The van der Waals surface area contributed by atoms with Gasteiger partial charge in [0.1, 0.15) is 11.4 Å². The zero-order chi connectivity index (χ0) is 36.0. The van der Waals surface area contributed by atoms with Crippen LogP contribution in [0.1, 0.15) is 57.4 Å². The van der Waals surface area contributed by atoms with Crippen molar-refractivity contribution in [2.45, 2.75) is 50.7 Å². The monoisotopic (exact) mass is 720 g/mol. The normalized spacial score (nSPS) is 17.8. The molecule has 5 rings (SSSR count). The lowest BCUT2D eigenvalue weighted by atomic mass is 10.1. The smallest absolute Gasteiger partial charge is 0.475 e. The molecule has 268 valence electrons. The fourth-order valence-electron chi connectivity index (χ4n) is 5.57. The lowest BCUT2D eigenvalue weighted by molar-refractivity contribution is -0.192. The number of carboxylic acid groups (broad SMARTS) is 1. The molecule has 0 radical (unpaired) electrons. The largest absolute Gasteiger partial charge is 0.511 e. The Morgan fingerprint density at radius 3 is 2.57 bits per heavy atom. The molecule has 3 aliphatic rings. The molecule has 19 heteroatoms. The van der Waals surface area contributed by atoms with Crippen molar-refractivity contribution in [3.63, 3.8) is 0 Å². The summed E-state index contributed by atoms with van der Waals surface area (Å²) in [5.41, 5.74) is -0.603. The highest BCUT2D eigenvalue weighted by molar-refractivity contribution is 6.30. The molecule has 2 amide bonds. The number of ether oxygens (including phenoxy) is 4. The van der Waals surface area contributed by atoms with E-state index in [-0.39, 0.29) is 41.0 Å². The minimum atomic E-state index is -5.08. The predicted octanol–water partition coefficient (Wildman–Crippen LogP) is 3.33. The molecule has 2 atom stereocenters. The molecule has 1 aromatic heterocycles. The summed E-state index contributed by atoms with van der Waals surface area (Å²) in [5, 5.41) is 9.62. The number of fused-ring (bicyclic) bond motifs is 2. The van der Waals surface area contributed by atoms with Crippen LogP contribution in [-0.4, -0.2) is 103 Å². The Balaban J connectivity index is 0.000000698. The van der Waals surface area contributed by atoms with Gasteiger partial charge < -0.3 is 43.7 Å². The second-order valence-corrected chi connectivity index (χ2v) is 11.7. The summed E-state index contributed by atoms with van der Waals surface area (Å²) in [6.07, 6.45) is -4.57. The summed E-state index contributed by atoms with van der Waals surface area (Å²) in [4.78, 5) is 65.3. The zero-order valence-corrected chi connectivity index (χ0v) is 27.1. The number of halogens is 5. The van der Waals surface area contributed by atoms with Gasteiger partial charge in [0.05, 0.1) is 24.3 Å². The first kappa shape index (κ1) is 37.4. The highest BCUT2D eigenvalue weighted by atomic mass is 35.5. The van der Waals surface area contributed by atoms with Crippen LogP contribution in [0.5, 0.6) is 5.75 Å². The molecular formula is C30H33ClF4N4O10. The summed E-state index contributed by atoms with van der Waals surface area (Å²) in [5.74, 6) is -5.10. The van der Waals surface area contributed by atoms with E-state index in [2.05, 4.69) is 5.32 Å². The lowest BCUT2D eigenvalue weighted by Crippen LogP contribution is -2.55. The predicted molar refractivity (Wildman–Crippen MR) is 161 cm³/mol. The van der Waals surface area contributed by atoms with E-state index in [1.165, 1.54) is 12.1 Å². The van der Waals surface area contributed by atoms with Crippen LogP contribution in [0.4, 0.5) is 22.4 Å². The molecule has 1 aromatic carbocycles. The Bertz CT molecular complexity index is 1650. The van der Waals surface area contributed by atoms with Crippen LogP contribution in [0.3, 0.4) is 0 Å². The Morgan fingerprint density at radius 2 is 1.90 bits per heavy atom. The number of hydrogen-bond acceptors (Lipinski definition) is 10. The molecule has 1 fully saturated rings. The minimum absolute atomic E-state index is 0.0281. The van der Waals surface area contributed by atoms with Gasteiger partial charge in [0, 0.05) is 30.9 Å². The van der Waals surface area contributed by atoms with Crippen molar-refractivity contribution in [3.05, 3.63) is 61.8 Å². The number of pyridine rings is 1. The standard InChI is InChI=1S/C28H32ClFN4O8.C2HF3O2/c1-32(2)10-4-13-40-28(38)42-15-41-24-22-26(37)33-11-5-12-39-27(33)19-9-8-18(34(19)22)20(23(24)35)25(36)31-14-16-6-3-7-17(29)21(16)30;3-2(4,5)1(6)7/h3,6-7,19,27H,4-5,8-15H2,1-2H3,(H,31,36);(H,6,7)/t19-,27+;/m1./s1. The highest BCUT2D eigenvalue weighted by Gasteiger charge is 2.48. The summed E-state index contributed by atoms with van der Waals surface area (Å²) >= 11 is 5.86. The van der Waals surface area contributed by atoms with Gasteiger partial charge in [-0.3, -0.25) is 14.4 Å². The van der Waals surface area contributed by atoms with Crippen molar-refractivity contribution in [3.8, 4) is 5.75 Å². The maximum Gasteiger partial charge on any atom is 0.511 e. The number of aromatic nitrogens is 1. The van der Waals surface area contributed by atoms with Gasteiger partial charge in [-0.25, -0.2) is 14.0 Å². The van der Waals surface area contributed by atoms with Crippen molar-refractivity contribution >= 4 is 35.5 Å². The zero-order valence-electron chi connectivity index (χ0n) is 26.3. The fourth-order valence-corrected chi connectivity index (χ4v) is 5.77. The molecule has 4 heterocycles. The number of amides is 2. The van der Waals surface area contributed by atoms with Crippen molar-refractivity contribution in [2.24, 2.45) is 0 Å². The summed E-state index contributed by atoms with van der Waals surface area (Å²) in [6.45, 7) is 0.790. The summed E-state index contributed by atoms with van der Waals surface area (Å²) in [6, 6.07) is 4.05. The fraction of sp³-hybridized carbons (Fsp3) is 0.500. The van der Waals surface area contributed by atoms with Crippen LogP contribution in [0.15, 0.2) is 23.0 Å². The number of carboxylic acids is 1. The van der Waals surface area contributed by atoms with Crippen molar-refractivity contribution in [1.29, 1.82) is 0 Å². The second kappa shape index (κ2) is 15.9. The highest BCUT2D eigenvalue weighted by Crippen LogP contribution is 2.42. The van der Waals surface area contributed by atoms with Gasteiger partial charge in [-0.05, 0) is 45.8 Å². The van der Waals surface area contributed by atoms with Crippen LogP contribution in [0.25, 0.3) is 0 Å². The van der Waals surface area contributed by atoms with Crippen LogP contribution >= 0.6 is 11.6 Å². The maximum absolute atomic E-state index is 14.4. The third-order valence-corrected chi connectivity index (χ3v) is 7.99.